The minimum Gasteiger partial charge on any atom is -0.341 e. The summed E-state index contributed by atoms with van der Waals surface area (Å²) in [7, 11) is 0. The molecule has 0 aliphatic rings. The first-order chi connectivity index (χ1) is 17.0. The summed E-state index contributed by atoms with van der Waals surface area (Å²) in [5.74, 6) is 0.453. The number of carbonyl (C=O) groups excluding carboxylic acids is 1. The molecule has 5 aromatic rings. The molecule has 0 saturated carbocycles. The van der Waals surface area contributed by atoms with Crippen molar-refractivity contribution < 1.29 is 4.79 Å². The Balaban J connectivity index is 1.48. The summed E-state index contributed by atoms with van der Waals surface area (Å²) in [4.78, 5) is 15.3. The molecule has 35 heavy (non-hydrogen) atoms. The van der Waals surface area contributed by atoms with Gasteiger partial charge in [-0.25, -0.2) is 4.79 Å². The van der Waals surface area contributed by atoms with E-state index in [4.69, 9.17) is 0 Å². The van der Waals surface area contributed by atoms with Gasteiger partial charge in [-0.2, -0.15) is 0 Å². The Morgan fingerprint density at radius 1 is 0.829 bits per heavy atom. The van der Waals surface area contributed by atoms with Gasteiger partial charge in [0.05, 0.1) is 6.54 Å². The zero-order valence-electron chi connectivity index (χ0n) is 20.5. The van der Waals surface area contributed by atoms with Crippen molar-refractivity contribution in [3.05, 3.63) is 108 Å². The summed E-state index contributed by atoms with van der Waals surface area (Å²) < 4.78 is 2.34. The van der Waals surface area contributed by atoms with Crippen molar-refractivity contribution in [2.24, 2.45) is 0 Å². The number of anilines is 2. The maximum absolute atomic E-state index is 13.5. The molecular weight excluding hydrogens is 430 g/mol. The number of nitrogens with zero attached hydrogens (tertiary/aromatic N) is 2. The normalized spacial score (nSPS) is 11.3. The van der Waals surface area contributed by atoms with Crippen LogP contribution in [-0.4, -0.2) is 10.6 Å². The van der Waals surface area contributed by atoms with Crippen molar-refractivity contribution in [2.75, 3.05) is 10.2 Å². The first kappa shape index (κ1) is 22.7. The number of benzene rings is 4. The first-order valence-electron chi connectivity index (χ1n) is 12.3. The lowest BCUT2D eigenvalue weighted by molar-refractivity contribution is 0.256. The summed E-state index contributed by atoms with van der Waals surface area (Å²) in [6.07, 6.45) is 0. The van der Waals surface area contributed by atoms with E-state index < -0.39 is 0 Å². The number of para-hydroxylation sites is 2. The first-order valence-corrected chi connectivity index (χ1v) is 12.3. The van der Waals surface area contributed by atoms with Crippen LogP contribution in [0.1, 0.15) is 37.8 Å². The third-order valence-corrected chi connectivity index (χ3v) is 6.64. The van der Waals surface area contributed by atoms with Gasteiger partial charge in [-0.3, -0.25) is 4.90 Å². The quantitative estimate of drug-likeness (QED) is 0.272. The maximum atomic E-state index is 13.5. The van der Waals surface area contributed by atoms with E-state index in [9.17, 15) is 4.79 Å². The largest absolute Gasteiger partial charge is 0.341 e. The van der Waals surface area contributed by atoms with Crippen LogP contribution in [0.2, 0.25) is 0 Å². The molecule has 0 aliphatic heterocycles. The SMILES string of the molecule is CCn1c2ccccc2c2cc(CN(C(=O)Nc3ccc(C(C)C)cc3)c3ccccc3)ccc21. The number of rotatable bonds is 6. The Bertz CT molecular complexity index is 1470. The molecule has 4 nitrogen and oxygen atoms in total. The molecule has 0 radical (unpaired) electrons. The Morgan fingerprint density at radius 3 is 2.23 bits per heavy atom. The van der Waals surface area contributed by atoms with Crippen LogP contribution in [0.15, 0.2) is 97.1 Å². The highest BCUT2D eigenvalue weighted by Crippen LogP contribution is 2.30. The fraction of sp³-hybridized carbons (Fsp3) is 0.194. The monoisotopic (exact) mass is 461 g/mol. The molecule has 176 valence electrons. The smallest absolute Gasteiger partial charge is 0.326 e. The summed E-state index contributed by atoms with van der Waals surface area (Å²) in [6, 6.07) is 32.9. The van der Waals surface area contributed by atoms with Gasteiger partial charge in [-0.1, -0.05) is 68.4 Å². The molecule has 0 atom stereocenters. The van der Waals surface area contributed by atoms with Gasteiger partial charge >= 0.3 is 6.03 Å². The van der Waals surface area contributed by atoms with Gasteiger partial charge < -0.3 is 9.88 Å². The highest BCUT2D eigenvalue weighted by atomic mass is 16.2. The number of hydrogen-bond donors (Lipinski definition) is 1. The summed E-state index contributed by atoms with van der Waals surface area (Å²) in [6.45, 7) is 7.90. The van der Waals surface area contributed by atoms with Gasteiger partial charge in [0.1, 0.15) is 0 Å². The molecule has 0 unspecified atom stereocenters. The standard InChI is InChI=1S/C31H31N3O/c1-4-33-29-13-9-8-12-27(29)28-20-23(14-19-30(28)33)21-34(26-10-6-5-7-11-26)31(35)32-25-17-15-24(16-18-25)22(2)3/h5-20,22H,4,21H2,1-3H3,(H,32,35). The summed E-state index contributed by atoms with van der Waals surface area (Å²) in [5.41, 5.74) is 6.46. The molecule has 2 amide bonds. The number of fused-ring (bicyclic) bond motifs is 3. The maximum Gasteiger partial charge on any atom is 0.326 e. The second-order valence-corrected chi connectivity index (χ2v) is 9.24. The number of carbonyl (C=O) groups is 1. The number of nitrogens with one attached hydrogen (secondary N) is 1. The number of hydrogen-bond acceptors (Lipinski definition) is 1. The number of urea groups is 1. The molecule has 0 saturated heterocycles. The lowest BCUT2D eigenvalue weighted by Crippen LogP contribution is -2.34. The molecule has 1 N–H and O–H groups in total. The van der Waals surface area contributed by atoms with Gasteiger partial charge in [0.2, 0.25) is 0 Å². The second kappa shape index (κ2) is 9.67. The van der Waals surface area contributed by atoms with Crippen LogP contribution >= 0.6 is 0 Å². The zero-order chi connectivity index (χ0) is 24.4. The molecule has 0 fully saturated rings. The number of aromatic nitrogens is 1. The van der Waals surface area contributed by atoms with Crippen molar-refractivity contribution >= 4 is 39.2 Å². The highest BCUT2D eigenvalue weighted by molar-refractivity contribution is 6.08. The minimum absolute atomic E-state index is 0.149. The second-order valence-electron chi connectivity index (χ2n) is 9.24. The fourth-order valence-corrected chi connectivity index (χ4v) is 4.75. The average molecular weight is 462 g/mol. The number of amides is 2. The van der Waals surface area contributed by atoms with E-state index in [1.54, 1.807) is 4.90 Å². The van der Waals surface area contributed by atoms with Crippen molar-refractivity contribution in [1.82, 2.24) is 4.57 Å². The minimum atomic E-state index is -0.149. The van der Waals surface area contributed by atoms with Gasteiger partial charge in [0, 0.05) is 39.7 Å². The Labute approximate surface area is 206 Å². The molecule has 5 rings (SSSR count). The van der Waals surface area contributed by atoms with E-state index >= 15 is 0 Å². The predicted molar refractivity (Wildman–Crippen MR) is 147 cm³/mol. The van der Waals surface area contributed by atoms with Crippen LogP contribution in [0.5, 0.6) is 0 Å². The van der Waals surface area contributed by atoms with Crippen molar-refractivity contribution in [3.63, 3.8) is 0 Å². The number of aryl methyl sites for hydroxylation is 1. The van der Waals surface area contributed by atoms with Crippen LogP contribution in [0.25, 0.3) is 21.8 Å². The van der Waals surface area contributed by atoms with Crippen molar-refractivity contribution in [1.29, 1.82) is 0 Å². The predicted octanol–water partition coefficient (Wildman–Crippen LogP) is 8.18. The van der Waals surface area contributed by atoms with Gasteiger partial charge in [-0.05, 0) is 66.4 Å². The van der Waals surface area contributed by atoms with E-state index in [0.717, 1.165) is 23.5 Å². The third kappa shape index (κ3) is 4.52. The van der Waals surface area contributed by atoms with E-state index in [-0.39, 0.29) is 6.03 Å². The molecule has 0 spiro atoms. The van der Waals surface area contributed by atoms with Crippen molar-refractivity contribution in [2.45, 2.75) is 39.8 Å². The summed E-state index contributed by atoms with van der Waals surface area (Å²) >= 11 is 0. The van der Waals surface area contributed by atoms with E-state index in [1.165, 1.54) is 27.4 Å². The topological polar surface area (TPSA) is 37.3 Å². The lowest BCUT2D eigenvalue weighted by Gasteiger charge is -2.24. The molecule has 0 bridgehead atoms. The van der Waals surface area contributed by atoms with Crippen LogP contribution in [0, 0.1) is 0 Å². The van der Waals surface area contributed by atoms with Gasteiger partial charge in [-0.15, -0.1) is 0 Å². The van der Waals surface area contributed by atoms with E-state index in [2.05, 4.69) is 85.3 Å². The molecular formula is C31H31N3O. The van der Waals surface area contributed by atoms with Crippen LogP contribution in [0.4, 0.5) is 16.2 Å². The molecule has 4 aromatic carbocycles. The summed E-state index contributed by atoms with van der Waals surface area (Å²) in [5, 5.41) is 5.55. The molecule has 1 aromatic heterocycles. The Hall–Kier alpha value is -4.05. The zero-order valence-corrected chi connectivity index (χ0v) is 20.5. The Morgan fingerprint density at radius 2 is 1.51 bits per heavy atom. The van der Waals surface area contributed by atoms with Crippen molar-refractivity contribution in [3.8, 4) is 0 Å². The third-order valence-electron chi connectivity index (χ3n) is 6.64. The van der Waals surface area contributed by atoms with Gasteiger partial charge in [0.25, 0.3) is 0 Å². The lowest BCUT2D eigenvalue weighted by atomic mass is 10.0. The average Bonchev–Trinajstić information content (AvgIpc) is 3.21. The molecule has 1 heterocycles. The fourth-order valence-electron chi connectivity index (χ4n) is 4.75. The van der Waals surface area contributed by atoms with Gasteiger partial charge in [0.15, 0.2) is 0 Å². The van der Waals surface area contributed by atoms with E-state index in [1.807, 2.05) is 42.5 Å². The van der Waals surface area contributed by atoms with Crippen LogP contribution in [-0.2, 0) is 13.1 Å². The molecule has 4 heteroatoms. The molecule has 0 aliphatic carbocycles. The van der Waals surface area contributed by atoms with Crippen LogP contribution < -0.4 is 10.2 Å². The Kier molecular flexibility index (Phi) is 6.28. The van der Waals surface area contributed by atoms with E-state index in [0.29, 0.717) is 12.5 Å². The highest BCUT2D eigenvalue weighted by Gasteiger charge is 2.18. The van der Waals surface area contributed by atoms with Crippen LogP contribution in [0.3, 0.4) is 0 Å².